The van der Waals surface area contributed by atoms with Crippen LogP contribution in [-0.2, 0) is 0 Å². The number of aromatic nitrogens is 2. The maximum absolute atomic E-state index is 13.3. The lowest BCUT2D eigenvalue weighted by atomic mass is 10.0. The highest BCUT2D eigenvalue weighted by Gasteiger charge is 2.21. The minimum atomic E-state index is -0.339. The van der Waals surface area contributed by atoms with E-state index in [0.717, 1.165) is 5.56 Å². The number of aryl methyl sites for hydroxylation is 1. The predicted molar refractivity (Wildman–Crippen MR) is 117 cm³/mol. The Kier molecular flexibility index (Phi) is 5.77. The molecule has 0 fully saturated rings. The number of hydrogen-bond donors (Lipinski definition) is 1. The zero-order chi connectivity index (χ0) is 22.0. The third-order valence-electron chi connectivity index (χ3n) is 5.27. The highest BCUT2D eigenvalue weighted by molar-refractivity contribution is 6.07. The van der Waals surface area contributed by atoms with Gasteiger partial charge in [-0.1, -0.05) is 35.5 Å². The Morgan fingerprint density at radius 3 is 2.52 bits per heavy atom. The van der Waals surface area contributed by atoms with E-state index in [-0.39, 0.29) is 23.5 Å². The topological polar surface area (TPSA) is 71.3 Å². The molecule has 0 radical (unpaired) electrons. The number of halogens is 1. The second-order valence-corrected chi connectivity index (χ2v) is 7.61. The number of hydrogen-bond acceptors (Lipinski definition) is 5. The average Bonchev–Trinajstić information content (AvgIpc) is 3.15. The van der Waals surface area contributed by atoms with Crippen LogP contribution >= 0.6 is 0 Å². The second-order valence-electron chi connectivity index (χ2n) is 7.61. The molecule has 0 spiro atoms. The molecule has 0 saturated carbocycles. The van der Waals surface area contributed by atoms with Crippen molar-refractivity contribution in [2.45, 2.75) is 13.0 Å². The van der Waals surface area contributed by atoms with Crippen molar-refractivity contribution in [1.29, 1.82) is 0 Å². The van der Waals surface area contributed by atoms with Crippen molar-refractivity contribution in [1.82, 2.24) is 20.4 Å². The summed E-state index contributed by atoms with van der Waals surface area (Å²) in [6.45, 7) is 2.20. The number of amides is 1. The SMILES string of the molecule is Cc1noc2nc(-c3ccc(F)cc3)cc(C(=O)NCC(c3ccccc3)N(C)C)c12. The number of benzene rings is 2. The first kappa shape index (κ1) is 20.7. The number of fused-ring (bicyclic) bond motifs is 1. The third kappa shape index (κ3) is 4.32. The van der Waals surface area contributed by atoms with E-state index < -0.39 is 0 Å². The lowest BCUT2D eigenvalue weighted by Crippen LogP contribution is -2.34. The molecule has 4 aromatic rings. The van der Waals surface area contributed by atoms with Crippen molar-refractivity contribution in [3.63, 3.8) is 0 Å². The van der Waals surface area contributed by atoms with Gasteiger partial charge in [0.2, 0.25) is 0 Å². The largest absolute Gasteiger partial charge is 0.350 e. The Hall–Kier alpha value is -3.58. The summed E-state index contributed by atoms with van der Waals surface area (Å²) in [7, 11) is 3.95. The van der Waals surface area contributed by atoms with E-state index in [1.807, 2.05) is 44.4 Å². The van der Waals surface area contributed by atoms with Gasteiger partial charge in [0.15, 0.2) is 0 Å². The number of pyridine rings is 1. The van der Waals surface area contributed by atoms with Gasteiger partial charge in [-0.05, 0) is 56.9 Å². The van der Waals surface area contributed by atoms with Crippen molar-refractivity contribution in [3.05, 3.63) is 83.3 Å². The van der Waals surface area contributed by atoms with Gasteiger partial charge in [-0.3, -0.25) is 4.79 Å². The van der Waals surface area contributed by atoms with Gasteiger partial charge >= 0.3 is 0 Å². The second kappa shape index (κ2) is 8.65. The normalized spacial score (nSPS) is 12.3. The van der Waals surface area contributed by atoms with Crippen LogP contribution in [0.4, 0.5) is 4.39 Å². The van der Waals surface area contributed by atoms with Crippen LogP contribution < -0.4 is 5.32 Å². The third-order valence-corrected chi connectivity index (χ3v) is 5.27. The molecular weight excluding hydrogens is 395 g/mol. The molecule has 0 aliphatic heterocycles. The van der Waals surface area contributed by atoms with Gasteiger partial charge in [0.25, 0.3) is 11.6 Å². The molecule has 2 heterocycles. The van der Waals surface area contributed by atoms with Crippen LogP contribution in [0.25, 0.3) is 22.4 Å². The number of likely N-dealkylation sites (N-methyl/N-ethyl adjacent to an activating group) is 1. The fraction of sp³-hybridized carbons (Fsp3) is 0.208. The van der Waals surface area contributed by atoms with E-state index in [1.165, 1.54) is 12.1 Å². The summed E-state index contributed by atoms with van der Waals surface area (Å²) in [5, 5.41) is 7.58. The fourth-order valence-corrected chi connectivity index (χ4v) is 3.60. The summed E-state index contributed by atoms with van der Waals surface area (Å²) in [5.74, 6) is -0.584. The van der Waals surface area contributed by atoms with Crippen LogP contribution in [-0.4, -0.2) is 41.6 Å². The van der Waals surface area contributed by atoms with Crippen molar-refractivity contribution in [2.24, 2.45) is 0 Å². The minimum Gasteiger partial charge on any atom is -0.350 e. The molecule has 7 heteroatoms. The van der Waals surface area contributed by atoms with Crippen LogP contribution in [0.15, 0.2) is 65.2 Å². The summed E-state index contributed by atoms with van der Waals surface area (Å²) in [5.41, 5.74) is 3.60. The highest BCUT2D eigenvalue weighted by atomic mass is 19.1. The fourth-order valence-electron chi connectivity index (χ4n) is 3.60. The van der Waals surface area contributed by atoms with Gasteiger partial charge < -0.3 is 14.7 Å². The Bertz CT molecular complexity index is 1200. The standard InChI is InChI=1S/C24H23FN4O2/c1-15-22-19(23(30)26-14-21(29(2)3)17-7-5-4-6-8-17)13-20(27-24(22)31-28-15)16-9-11-18(25)12-10-16/h4-13,21H,14H2,1-3H3,(H,26,30). The molecule has 1 unspecified atom stereocenters. The molecule has 1 atom stereocenters. The Morgan fingerprint density at radius 1 is 1.13 bits per heavy atom. The van der Waals surface area contributed by atoms with E-state index >= 15 is 0 Å². The van der Waals surface area contributed by atoms with Crippen molar-refractivity contribution in [2.75, 3.05) is 20.6 Å². The number of carbonyl (C=O) groups excluding carboxylic acids is 1. The number of nitrogens with zero attached hydrogens (tertiary/aromatic N) is 3. The van der Waals surface area contributed by atoms with Gasteiger partial charge in [-0.25, -0.2) is 9.37 Å². The van der Waals surface area contributed by atoms with Crippen LogP contribution in [0.3, 0.4) is 0 Å². The van der Waals surface area contributed by atoms with Crippen molar-refractivity contribution >= 4 is 17.0 Å². The summed E-state index contributed by atoms with van der Waals surface area (Å²) in [4.78, 5) is 19.8. The van der Waals surface area contributed by atoms with E-state index in [4.69, 9.17) is 4.52 Å². The van der Waals surface area contributed by atoms with E-state index in [1.54, 1.807) is 25.1 Å². The van der Waals surface area contributed by atoms with Crippen molar-refractivity contribution in [3.8, 4) is 11.3 Å². The minimum absolute atomic E-state index is 0.0163. The van der Waals surface area contributed by atoms with E-state index in [2.05, 4.69) is 20.4 Å². The van der Waals surface area contributed by atoms with E-state index in [0.29, 0.717) is 34.4 Å². The van der Waals surface area contributed by atoms with Crippen LogP contribution in [0.5, 0.6) is 0 Å². The van der Waals surface area contributed by atoms with Crippen LogP contribution in [0.2, 0.25) is 0 Å². The first-order chi connectivity index (χ1) is 14.9. The zero-order valence-electron chi connectivity index (χ0n) is 17.6. The molecule has 1 N–H and O–H groups in total. The number of rotatable bonds is 6. The molecule has 4 rings (SSSR count). The number of nitrogens with one attached hydrogen (secondary N) is 1. The molecule has 158 valence electrons. The molecule has 31 heavy (non-hydrogen) atoms. The van der Waals surface area contributed by atoms with Gasteiger partial charge in [-0.2, -0.15) is 0 Å². The molecule has 2 aromatic heterocycles. The van der Waals surface area contributed by atoms with Gasteiger partial charge in [0.1, 0.15) is 5.82 Å². The average molecular weight is 418 g/mol. The van der Waals surface area contributed by atoms with Crippen LogP contribution in [0.1, 0.15) is 27.7 Å². The molecule has 1 amide bonds. The van der Waals surface area contributed by atoms with Crippen LogP contribution in [0, 0.1) is 12.7 Å². The molecule has 0 aliphatic rings. The Morgan fingerprint density at radius 2 is 1.84 bits per heavy atom. The summed E-state index contributed by atoms with van der Waals surface area (Å²) >= 11 is 0. The molecular formula is C24H23FN4O2. The molecule has 0 aliphatic carbocycles. The molecule has 0 saturated heterocycles. The van der Waals surface area contributed by atoms with E-state index in [9.17, 15) is 9.18 Å². The predicted octanol–water partition coefficient (Wildman–Crippen LogP) is 4.37. The number of carbonyl (C=O) groups is 1. The first-order valence-corrected chi connectivity index (χ1v) is 9.96. The molecule has 6 nitrogen and oxygen atoms in total. The Balaban J connectivity index is 1.66. The highest BCUT2D eigenvalue weighted by Crippen LogP contribution is 2.27. The summed E-state index contributed by atoms with van der Waals surface area (Å²) in [6.07, 6.45) is 0. The molecule has 2 aromatic carbocycles. The maximum Gasteiger partial charge on any atom is 0.259 e. The zero-order valence-corrected chi connectivity index (χ0v) is 17.6. The van der Waals surface area contributed by atoms with Gasteiger partial charge in [-0.15, -0.1) is 0 Å². The van der Waals surface area contributed by atoms with Crippen molar-refractivity contribution < 1.29 is 13.7 Å². The quantitative estimate of drug-likeness (QED) is 0.503. The lowest BCUT2D eigenvalue weighted by Gasteiger charge is -2.25. The lowest BCUT2D eigenvalue weighted by molar-refractivity contribution is 0.0943. The maximum atomic E-state index is 13.3. The Labute approximate surface area is 179 Å². The van der Waals surface area contributed by atoms with Gasteiger partial charge in [0.05, 0.1) is 28.4 Å². The van der Waals surface area contributed by atoms with Gasteiger partial charge in [0, 0.05) is 12.1 Å². The monoisotopic (exact) mass is 418 g/mol. The molecule has 0 bridgehead atoms. The summed E-state index contributed by atoms with van der Waals surface area (Å²) in [6, 6.07) is 17.7. The smallest absolute Gasteiger partial charge is 0.259 e. The first-order valence-electron chi connectivity index (χ1n) is 9.96. The summed E-state index contributed by atoms with van der Waals surface area (Å²) < 4.78 is 18.7.